The molecule has 1 rings (SSSR count). The van der Waals surface area contributed by atoms with Crippen molar-refractivity contribution < 1.29 is 4.74 Å². The van der Waals surface area contributed by atoms with Crippen LogP contribution in [0.2, 0.25) is 0 Å². The first-order valence-electron chi connectivity index (χ1n) is 6.84. The van der Waals surface area contributed by atoms with Crippen molar-refractivity contribution in [2.24, 2.45) is 10.7 Å². The summed E-state index contributed by atoms with van der Waals surface area (Å²) in [6.07, 6.45) is 3.36. The highest BCUT2D eigenvalue weighted by molar-refractivity contribution is 7.80. The minimum atomic E-state index is -0.299. The Morgan fingerprint density at radius 2 is 2.33 bits per heavy atom. The van der Waals surface area contributed by atoms with Gasteiger partial charge in [-0.1, -0.05) is 6.07 Å². The zero-order chi connectivity index (χ0) is 15.7. The van der Waals surface area contributed by atoms with Crippen LogP contribution in [-0.2, 0) is 11.2 Å². The molecular weight excluding hydrogens is 286 g/mol. The van der Waals surface area contributed by atoms with Gasteiger partial charge in [-0.05, 0) is 50.5 Å². The topological polar surface area (TPSA) is 84.6 Å². The Morgan fingerprint density at radius 3 is 3.00 bits per heavy atom. The van der Waals surface area contributed by atoms with Crippen molar-refractivity contribution in [2.75, 3.05) is 13.7 Å². The number of ether oxygens (including phenoxy) is 1. The normalized spacial score (nSPS) is 12.8. The molecule has 4 N–H and O–H groups in total. The molecule has 0 amide bonds. The Kier molecular flexibility index (Phi) is 7.63. The Hall–Kier alpha value is -1.73. The van der Waals surface area contributed by atoms with Crippen LogP contribution < -0.4 is 16.4 Å². The fraction of sp³-hybridized carbons (Fsp3) is 0.500. The van der Waals surface area contributed by atoms with Gasteiger partial charge >= 0.3 is 0 Å². The summed E-state index contributed by atoms with van der Waals surface area (Å²) in [7, 11) is 1.57. The van der Waals surface area contributed by atoms with E-state index in [0.29, 0.717) is 5.11 Å². The van der Waals surface area contributed by atoms with E-state index in [0.717, 1.165) is 25.1 Å². The lowest BCUT2D eigenvalue weighted by atomic mass is 10.1. The third-order valence-electron chi connectivity index (χ3n) is 2.90. The van der Waals surface area contributed by atoms with Gasteiger partial charge in [0, 0.05) is 25.5 Å². The van der Waals surface area contributed by atoms with Crippen molar-refractivity contribution in [3.8, 4) is 0 Å². The molecule has 1 heterocycles. The summed E-state index contributed by atoms with van der Waals surface area (Å²) in [4.78, 5) is 8.40. The number of thiocarbonyl (C=S) groups is 1. The molecule has 0 saturated heterocycles. The van der Waals surface area contributed by atoms with Gasteiger partial charge in [0.05, 0.1) is 0 Å². The smallest absolute Gasteiger partial charge is 0.197 e. The van der Waals surface area contributed by atoms with E-state index >= 15 is 0 Å². The fourth-order valence-electron chi connectivity index (χ4n) is 1.68. The number of hydrogen-bond acceptors (Lipinski definition) is 4. The van der Waals surface area contributed by atoms with Gasteiger partial charge in [0.1, 0.15) is 6.23 Å². The second-order valence-electron chi connectivity index (χ2n) is 4.60. The number of guanidine groups is 1. The van der Waals surface area contributed by atoms with Crippen LogP contribution in [0.1, 0.15) is 24.6 Å². The maximum atomic E-state index is 5.69. The van der Waals surface area contributed by atoms with Crippen molar-refractivity contribution in [3.05, 3.63) is 29.6 Å². The molecule has 1 aromatic heterocycles. The van der Waals surface area contributed by atoms with E-state index in [2.05, 4.69) is 33.6 Å². The number of hydrogen-bond donors (Lipinski definition) is 3. The molecule has 21 heavy (non-hydrogen) atoms. The number of aromatic nitrogens is 1. The van der Waals surface area contributed by atoms with E-state index in [-0.39, 0.29) is 12.2 Å². The van der Waals surface area contributed by atoms with E-state index in [1.54, 1.807) is 14.0 Å². The molecule has 7 heteroatoms. The largest absolute Gasteiger partial charge is 0.370 e. The molecule has 0 spiro atoms. The highest BCUT2D eigenvalue weighted by Gasteiger charge is 2.02. The average Bonchev–Trinajstić information content (AvgIpc) is 2.45. The first-order valence-corrected chi connectivity index (χ1v) is 7.25. The summed E-state index contributed by atoms with van der Waals surface area (Å²) >= 11 is 5.14. The first kappa shape index (κ1) is 17.3. The van der Waals surface area contributed by atoms with Crippen LogP contribution in [0.3, 0.4) is 0 Å². The van der Waals surface area contributed by atoms with Gasteiger partial charge < -0.3 is 21.1 Å². The number of rotatable bonds is 6. The van der Waals surface area contributed by atoms with E-state index in [4.69, 9.17) is 22.7 Å². The van der Waals surface area contributed by atoms with Crippen LogP contribution in [0.25, 0.3) is 0 Å². The lowest BCUT2D eigenvalue weighted by Gasteiger charge is -2.11. The molecule has 1 unspecified atom stereocenters. The standard InChI is InChI=1S/C14H23N5OS/c1-10-6-4-8-16-12(10)7-5-9-17-14(21)19-13(15)18-11(2)20-3/h4,6,8,11H,5,7,9H2,1-3H3,(H4,15,17,18,19,21). The second-order valence-corrected chi connectivity index (χ2v) is 5.01. The molecule has 0 aliphatic rings. The zero-order valence-corrected chi connectivity index (χ0v) is 13.5. The molecule has 0 aliphatic heterocycles. The number of methoxy groups -OCH3 is 1. The van der Waals surface area contributed by atoms with Crippen molar-refractivity contribution in [1.82, 2.24) is 15.6 Å². The summed E-state index contributed by atoms with van der Waals surface area (Å²) in [5, 5.41) is 6.35. The van der Waals surface area contributed by atoms with E-state index in [1.807, 2.05) is 12.3 Å². The van der Waals surface area contributed by atoms with Crippen LogP contribution >= 0.6 is 12.2 Å². The number of nitrogens with zero attached hydrogens (tertiary/aromatic N) is 2. The quantitative estimate of drug-likeness (QED) is 0.316. The zero-order valence-electron chi connectivity index (χ0n) is 12.7. The number of nitrogens with one attached hydrogen (secondary N) is 2. The van der Waals surface area contributed by atoms with Crippen LogP contribution in [-0.4, -0.2) is 35.9 Å². The first-order chi connectivity index (χ1) is 10.0. The Morgan fingerprint density at radius 1 is 1.57 bits per heavy atom. The molecule has 6 nitrogen and oxygen atoms in total. The van der Waals surface area contributed by atoms with Crippen molar-refractivity contribution >= 4 is 23.3 Å². The van der Waals surface area contributed by atoms with E-state index < -0.39 is 0 Å². The van der Waals surface area contributed by atoms with Crippen LogP contribution in [0.5, 0.6) is 0 Å². The van der Waals surface area contributed by atoms with Crippen LogP contribution in [0.15, 0.2) is 23.3 Å². The molecule has 1 aromatic rings. The molecular formula is C14H23N5OS. The number of aryl methyl sites for hydroxylation is 2. The van der Waals surface area contributed by atoms with Gasteiger partial charge in [-0.25, -0.2) is 4.99 Å². The van der Waals surface area contributed by atoms with Crippen molar-refractivity contribution in [2.45, 2.75) is 32.9 Å². The van der Waals surface area contributed by atoms with Gasteiger partial charge in [0.15, 0.2) is 11.1 Å². The Bertz CT molecular complexity index is 492. The number of aliphatic imine (C=N–C) groups is 1. The van der Waals surface area contributed by atoms with Crippen molar-refractivity contribution in [3.63, 3.8) is 0 Å². The molecule has 0 fully saturated rings. The summed E-state index contributed by atoms with van der Waals surface area (Å²) < 4.78 is 4.98. The lowest BCUT2D eigenvalue weighted by Crippen LogP contribution is -2.44. The SMILES string of the molecule is COC(C)/N=C(/N)NC(=S)NCCCc1ncccc1C. The molecule has 0 radical (unpaired) electrons. The predicted molar refractivity (Wildman–Crippen MR) is 89.1 cm³/mol. The highest BCUT2D eigenvalue weighted by atomic mass is 32.1. The third kappa shape index (κ3) is 7.01. The van der Waals surface area contributed by atoms with Gasteiger partial charge in [-0.15, -0.1) is 0 Å². The average molecular weight is 309 g/mol. The van der Waals surface area contributed by atoms with Gasteiger partial charge in [-0.3, -0.25) is 4.98 Å². The second kappa shape index (κ2) is 9.25. The predicted octanol–water partition coefficient (Wildman–Crippen LogP) is 1.09. The molecule has 0 bridgehead atoms. The van der Waals surface area contributed by atoms with Gasteiger partial charge in [0.25, 0.3) is 0 Å². The van der Waals surface area contributed by atoms with E-state index in [9.17, 15) is 0 Å². The monoisotopic (exact) mass is 309 g/mol. The highest BCUT2D eigenvalue weighted by Crippen LogP contribution is 2.05. The molecule has 1 atom stereocenters. The van der Waals surface area contributed by atoms with Gasteiger partial charge in [0.2, 0.25) is 0 Å². The van der Waals surface area contributed by atoms with Crippen LogP contribution in [0.4, 0.5) is 0 Å². The summed E-state index contributed by atoms with van der Waals surface area (Å²) in [5.41, 5.74) is 8.02. The maximum absolute atomic E-state index is 5.69. The summed E-state index contributed by atoms with van der Waals surface area (Å²) in [5.74, 6) is 0.238. The third-order valence-corrected chi connectivity index (χ3v) is 3.14. The summed E-state index contributed by atoms with van der Waals surface area (Å²) in [6.45, 7) is 4.60. The molecule has 0 aliphatic carbocycles. The Labute approximate surface area is 131 Å². The van der Waals surface area contributed by atoms with Crippen molar-refractivity contribution in [1.29, 1.82) is 0 Å². The number of pyridine rings is 1. The number of nitrogens with two attached hydrogens (primary N) is 1. The maximum Gasteiger partial charge on any atom is 0.197 e. The van der Waals surface area contributed by atoms with Crippen LogP contribution in [0, 0.1) is 6.92 Å². The van der Waals surface area contributed by atoms with E-state index in [1.165, 1.54) is 5.56 Å². The fourth-order valence-corrected chi connectivity index (χ4v) is 1.89. The summed E-state index contributed by atoms with van der Waals surface area (Å²) in [6, 6.07) is 4.01. The Balaban J connectivity index is 2.25. The molecule has 0 aromatic carbocycles. The van der Waals surface area contributed by atoms with Gasteiger partial charge in [-0.2, -0.15) is 0 Å². The molecule has 0 saturated carbocycles. The lowest BCUT2D eigenvalue weighted by molar-refractivity contribution is 0.126. The molecule has 116 valence electrons. The minimum Gasteiger partial charge on any atom is -0.370 e. The minimum absolute atomic E-state index is 0.238.